The second-order valence-electron chi connectivity index (χ2n) is 3.95. The Labute approximate surface area is 118 Å². The number of hydrogen-bond acceptors (Lipinski definition) is 7. The fraction of sp³-hybridized carbons (Fsp3) is 0.0833. The Morgan fingerprint density at radius 1 is 1.33 bits per heavy atom. The number of aromatic amines is 1. The summed E-state index contributed by atoms with van der Waals surface area (Å²) >= 11 is 0. The summed E-state index contributed by atoms with van der Waals surface area (Å²) in [6.45, 7) is 0. The van der Waals surface area contributed by atoms with Crippen LogP contribution in [0.2, 0.25) is 0 Å². The van der Waals surface area contributed by atoms with Crippen LogP contribution < -0.4 is 10.1 Å². The summed E-state index contributed by atoms with van der Waals surface area (Å²) in [6, 6.07) is 6.86. The Hall–Kier alpha value is -3.23. The molecule has 3 rings (SSSR count). The van der Waals surface area contributed by atoms with Crippen molar-refractivity contribution in [1.29, 1.82) is 0 Å². The summed E-state index contributed by atoms with van der Waals surface area (Å²) in [5, 5.41) is 16.2. The Bertz CT molecular complexity index is 735. The first-order chi connectivity index (χ1) is 10.3. The number of carbonyl (C=O) groups excluding carboxylic acids is 1. The summed E-state index contributed by atoms with van der Waals surface area (Å²) in [4.78, 5) is 15.9. The Morgan fingerprint density at radius 3 is 2.76 bits per heavy atom. The first-order valence-corrected chi connectivity index (χ1v) is 5.90. The highest BCUT2D eigenvalue weighted by Gasteiger charge is 2.11. The van der Waals surface area contributed by atoms with E-state index >= 15 is 0 Å². The smallest absolute Gasteiger partial charge is 0.336 e. The maximum absolute atomic E-state index is 12.0. The topological polar surface area (TPSA) is 119 Å². The van der Waals surface area contributed by atoms with Gasteiger partial charge >= 0.3 is 6.01 Å². The van der Waals surface area contributed by atoms with Crippen molar-refractivity contribution < 1.29 is 13.9 Å². The highest BCUT2D eigenvalue weighted by atomic mass is 16.5. The van der Waals surface area contributed by atoms with Gasteiger partial charge in [0.05, 0.1) is 7.11 Å². The van der Waals surface area contributed by atoms with Crippen LogP contribution in [0.3, 0.4) is 0 Å². The zero-order chi connectivity index (χ0) is 14.7. The molecule has 0 bridgehead atoms. The molecule has 2 aromatic heterocycles. The normalized spacial score (nSPS) is 10.3. The van der Waals surface area contributed by atoms with Crippen molar-refractivity contribution in [2.75, 3.05) is 12.4 Å². The predicted octanol–water partition coefficient (Wildman–Crippen LogP) is 1.12. The molecule has 0 atom stereocenters. The van der Waals surface area contributed by atoms with Crippen LogP contribution in [0, 0.1) is 0 Å². The van der Waals surface area contributed by atoms with E-state index < -0.39 is 0 Å². The summed E-state index contributed by atoms with van der Waals surface area (Å²) in [6.07, 6.45) is 1.24. The Kier molecular flexibility index (Phi) is 3.29. The summed E-state index contributed by atoms with van der Waals surface area (Å²) in [5.41, 5.74) is 1.18. The molecule has 0 aliphatic heterocycles. The predicted molar refractivity (Wildman–Crippen MR) is 70.6 cm³/mol. The molecule has 2 heterocycles. The van der Waals surface area contributed by atoms with Gasteiger partial charge in [0.1, 0.15) is 0 Å². The first kappa shape index (κ1) is 12.8. The van der Waals surface area contributed by atoms with Gasteiger partial charge in [-0.1, -0.05) is 0 Å². The van der Waals surface area contributed by atoms with Gasteiger partial charge in [0.15, 0.2) is 0 Å². The maximum atomic E-state index is 12.0. The number of aromatic nitrogens is 5. The van der Waals surface area contributed by atoms with Crippen molar-refractivity contribution >= 4 is 11.9 Å². The van der Waals surface area contributed by atoms with E-state index in [1.54, 1.807) is 24.3 Å². The van der Waals surface area contributed by atoms with Crippen molar-refractivity contribution in [3.63, 3.8) is 0 Å². The maximum Gasteiger partial charge on any atom is 0.336 e. The van der Waals surface area contributed by atoms with E-state index in [0.29, 0.717) is 11.5 Å². The Balaban J connectivity index is 1.73. The van der Waals surface area contributed by atoms with Gasteiger partial charge in [-0.05, 0) is 24.3 Å². The number of H-pyrrole nitrogens is 1. The van der Waals surface area contributed by atoms with Gasteiger partial charge < -0.3 is 9.15 Å². The minimum Gasteiger partial charge on any atom is -0.466 e. The van der Waals surface area contributed by atoms with E-state index in [0.717, 1.165) is 5.56 Å². The molecule has 21 heavy (non-hydrogen) atoms. The molecular formula is C12H10N6O3. The van der Waals surface area contributed by atoms with Crippen molar-refractivity contribution in [3.05, 3.63) is 36.2 Å². The average molecular weight is 286 g/mol. The van der Waals surface area contributed by atoms with E-state index in [1.165, 1.54) is 13.5 Å². The molecule has 9 nitrogen and oxygen atoms in total. The van der Waals surface area contributed by atoms with Crippen LogP contribution in [0.5, 0.6) is 6.01 Å². The zero-order valence-electron chi connectivity index (χ0n) is 10.9. The number of nitrogens with one attached hydrogen (secondary N) is 2. The lowest BCUT2D eigenvalue weighted by Crippen LogP contribution is -2.12. The molecule has 0 aliphatic rings. The number of anilines is 1. The molecule has 2 N–H and O–H groups in total. The van der Waals surface area contributed by atoms with Crippen molar-refractivity contribution in [2.45, 2.75) is 0 Å². The van der Waals surface area contributed by atoms with Gasteiger partial charge in [-0.3, -0.25) is 10.1 Å². The molecule has 9 heteroatoms. The number of carbonyl (C=O) groups is 1. The highest BCUT2D eigenvalue weighted by molar-refractivity contribution is 6.03. The molecule has 3 aromatic rings. The van der Waals surface area contributed by atoms with E-state index in [9.17, 15) is 4.79 Å². The van der Waals surface area contributed by atoms with Gasteiger partial charge in [-0.2, -0.15) is 4.98 Å². The van der Waals surface area contributed by atoms with Gasteiger partial charge in [-0.25, -0.2) is 5.10 Å². The van der Waals surface area contributed by atoms with Crippen LogP contribution in [0.25, 0.3) is 11.5 Å². The summed E-state index contributed by atoms with van der Waals surface area (Å²) in [7, 11) is 1.44. The largest absolute Gasteiger partial charge is 0.466 e. The summed E-state index contributed by atoms with van der Waals surface area (Å²) in [5.74, 6) is 0.269. The number of rotatable bonds is 4. The number of benzene rings is 1. The third-order valence-electron chi connectivity index (χ3n) is 2.63. The van der Waals surface area contributed by atoms with Gasteiger partial charge in [0.2, 0.25) is 18.2 Å². The SMILES string of the molecule is COc1n[nH]c(NC(=O)c2ccc(-c3nnco3)cc2)n1. The third kappa shape index (κ3) is 2.71. The van der Waals surface area contributed by atoms with Crippen molar-refractivity contribution in [3.8, 4) is 17.5 Å². The first-order valence-electron chi connectivity index (χ1n) is 5.90. The second-order valence-corrected chi connectivity index (χ2v) is 3.95. The fourth-order valence-corrected chi connectivity index (χ4v) is 1.64. The zero-order valence-corrected chi connectivity index (χ0v) is 10.9. The van der Waals surface area contributed by atoms with E-state index in [4.69, 9.17) is 9.15 Å². The quantitative estimate of drug-likeness (QED) is 0.737. The molecule has 0 saturated heterocycles. The van der Waals surface area contributed by atoms with Crippen LogP contribution in [-0.4, -0.2) is 38.4 Å². The van der Waals surface area contributed by atoms with Crippen LogP contribution >= 0.6 is 0 Å². The van der Waals surface area contributed by atoms with E-state index in [1.807, 2.05) is 0 Å². The molecule has 1 aromatic carbocycles. The number of hydrogen-bond donors (Lipinski definition) is 2. The monoisotopic (exact) mass is 286 g/mol. The standard InChI is InChI=1S/C12H10N6O3/c1-20-12-15-11(17-18-12)14-9(19)7-2-4-8(5-3-7)10-16-13-6-21-10/h2-6H,1H3,(H2,14,15,17,18,19). The molecule has 0 saturated carbocycles. The lowest BCUT2D eigenvalue weighted by Gasteiger charge is -2.02. The lowest BCUT2D eigenvalue weighted by molar-refractivity contribution is 0.102. The molecule has 106 valence electrons. The van der Waals surface area contributed by atoms with Crippen LogP contribution in [0.1, 0.15) is 10.4 Å². The fourth-order valence-electron chi connectivity index (χ4n) is 1.64. The number of ether oxygens (including phenoxy) is 1. The van der Waals surface area contributed by atoms with Gasteiger partial charge in [0.25, 0.3) is 5.91 Å². The Morgan fingerprint density at radius 2 is 2.14 bits per heavy atom. The van der Waals surface area contributed by atoms with Crippen LogP contribution in [-0.2, 0) is 0 Å². The molecule has 0 spiro atoms. The van der Waals surface area contributed by atoms with E-state index in [-0.39, 0.29) is 17.9 Å². The summed E-state index contributed by atoms with van der Waals surface area (Å²) < 4.78 is 9.88. The van der Waals surface area contributed by atoms with Gasteiger partial charge in [-0.15, -0.1) is 15.3 Å². The van der Waals surface area contributed by atoms with Crippen molar-refractivity contribution in [1.82, 2.24) is 25.4 Å². The number of nitrogens with zero attached hydrogens (tertiary/aromatic N) is 4. The lowest BCUT2D eigenvalue weighted by atomic mass is 10.1. The molecule has 0 aliphatic carbocycles. The molecule has 0 fully saturated rings. The third-order valence-corrected chi connectivity index (χ3v) is 2.63. The van der Waals surface area contributed by atoms with E-state index in [2.05, 4.69) is 30.7 Å². The minimum atomic E-state index is -0.328. The molecule has 1 amide bonds. The second kappa shape index (κ2) is 5.41. The molecular weight excluding hydrogens is 276 g/mol. The minimum absolute atomic E-state index is 0.150. The van der Waals surface area contributed by atoms with Gasteiger partial charge in [0, 0.05) is 11.1 Å². The van der Waals surface area contributed by atoms with Crippen LogP contribution in [0.15, 0.2) is 35.1 Å². The number of methoxy groups -OCH3 is 1. The number of amides is 1. The van der Waals surface area contributed by atoms with Crippen LogP contribution in [0.4, 0.5) is 5.95 Å². The molecule has 0 unspecified atom stereocenters. The van der Waals surface area contributed by atoms with Crippen molar-refractivity contribution in [2.24, 2.45) is 0 Å². The molecule has 0 radical (unpaired) electrons. The highest BCUT2D eigenvalue weighted by Crippen LogP contribution is 2.17. The average Bonchev–Trinajstić information content (AvgIpc) is 3.19.